The summed E-state index contributed by atoms with van der Waals surface area (Å²) in [6.07, 6.45) is 5.24. The van der Waals surface area contributed by atoms with Crippen LogP contribution in [0.3, 0.4) is 0 Å². The first-order chi connectivity index (χ1) is 8.23. The van der Waals surface area contributed by atoms with Gasteiger partial charge < -0.3 is 10.0 Å². The molecule has 5 heteroatoms. The second-order valence-corrected chi connectivity index (χ2v) is 5.56. The molecular weight excluding hydrogens is 238 g/mol. The van der Waals surface area contributed by atoms with Crippen LogP contribution in [0.2, 0.25) is 5.15 Å². The Hall–Kier alpha value is -0.870. The average molecular weight is 254 g/mol. The van der Waals surface area contributed by atoms with Gasteiger partial charge in [0.2, 0.25) is 0 Å². The van der Waals surface area contributed by atoms with Crippen molar-refractivity contribution in [2.24, 2.45) is 11.3 Å². The van der Waals surface area contributed by atoms with E-state index < -0.39 is 0 Å². The van der Waals surface area contributed by atoms with Crippen molar-refractivity contribution in [3.8, 4) is 0 Å². The zero-order chi connectivity index (χ0) is 11.9. The molecular formula is C12H16ClN3O. The van der Waals surface area contributed by atoms with Crippen LogP contribution >= 0.6 is 11.6 Å². The third kappa shape index (κ3) is 1.79. The van der Waals surface area contributed by atoms with E-state index in [9.17, 15) is 5.11 Å². The number of hydrogen-bond acceptors (Lipinski definition) is 4. The molecule has 0 bridgehead atoms. The van der Waals surface area contributed by atoms with Gasteiger partial charge in [0.25, 0.3) is 0 Å². The number of anilines is 1. The molecule has 3 rings (SSSR count). The quantitative estimate of drug-likeness (QED) is 0.816. The molecule has 1 N–H and O–H groups in total. The minimum absolute atomic E-state index is 0.273. The number of rotatable bonds is 2. The number of hydrogen-bond donors (Lipinski definition) is 1. The number of halogens is 1. The highest BCUT2D eigenvalue weighted by atomic mass is 35.5. The fourth-order valence-electron chi connectivity index (χ4n) is 3.15. The molecule has 17 heavy (non-hydrogen) atoms. The standard InChI is InChI=1S/C12H16ClN3O/c13-10-4-11(15-8-14-10)16-5-9(6-17)12(7-16)2-1-3-12/h4,8-9,17H,1-3,5-7H2. The van der Waals surface area contributed by atoms with Crippen molar-refractivity contribution in [3.63, 3.8) is 0 Å². The molecule has 1 unspecified atom stereocenters. The van der Waals surface area contributed by atoms with Gasteiger partial charge in [-0.2, -0.15) is 0 Å². The van der Waals surface area contributed by atoms with E-state index in [4.69, 9.17) is 11.6 Å². The van der Waals surface area contributed by atoms with Crippen molar-refractivity contribution in [3.05, 3.63) is 17.5 Å². The molecule has 1 aromatic rings. The summed E-state index contributed by atoms with van der Waals surface area (Å²) in [6.45, 7) is 2.14. The van der Waals surface area contributed by atoms with E-state index in [0.29, 0.717) is 16.5 Å². The van der Waals surface area contributed by atoms with Crippen LogP contribution in [-0.2, 0) is 0 Å². The lowest BCUT2D eigenvalue weighted by atomic mass is 9.63. The monoisotopic (exact) mass is 253 g/mol. The molecule has 2 heterocycles. The number of aliphatic hydroxyl groups excluding tert-OH is 1. The predicted octanol–water partition coefficient (Wildman–Crippen LogP) is 1.73. The summed E-state index contributed by atoms with van der Waals surface area (Å²) < 4.78 is 0. The average Bonchev–Trinajstić information content (AvgIpc) is 2.68. The minimum atomic E-state index is 0.273. The van der Waals surface area contributed by atoms with Gasteiger partial charge in [0.05, 0.1) is 0 Å². The molecule has 1 atom stereocenters. The Labute approximate surface area is 106 Å². The second kappa shape index (κ2) is 4.10. The number of nitrogens with zero attached hydrogens (tertiary/aromatic N) is 3. The molecule has 2 fully saturated rings. The van der Waals surface area contributed by atoms with Gasteiger partial charge in [0, 0.05) is 31.7 Å². The Morgan fingerprint density at radius 3 is 2.82 bits per heavy atom. The van der Waals surface area contributed by atoms with Gasteiger partial charge in [-0.1, -0.05) is 18.0 Å². The van der Waals surface area contributed by atoms with Gasteiger partial charge in [-0.05, 0) is 18.3 Å². The van der Waals surface area contributed by atoms with E-state index >= 15 is 0 Å². The van der Waals surface area contributed by atoms with E-state index in [0.717, 1.165) is 18.9 Å². The van der Waals surface area contributed by atoms with Crippen molar-refractivity contribution < 1.29 is 5.11 Å². The van der Waals surface area contributed by atoms with Crippen molar-refractivity contribution in [2.75, 3.05) is 24.6 Å². The highest BCUT2D eigenvalue weighted by Crippen LogP contribution is 2.52. The maximum absolute atomic E-state index is 9.50. The van der Waals surface area contributed by atoms with Crippen LogP contribution in [0.15, 0.2) is 12.4 Å². The topological polar surface area (TPSA) is 49.2 Å². The first kappa shape index (κ1) is 11.2. The first-order valence-electron chi connectivity index (χ1n) is 6.07. The van der Waals surface area contributed by atoms with E-state index in [1.165, 1.54) is 25.6 Å². The Balaban J connectivity index is 1.82. The summed E-state index contributed by atoms with van der Waals surface area (Å²) in [6, 6.07) is 1.80. The molecule has 2 aliphatic rings. The SMILES string of the molecule is OCC1CN(c2cc(Cl)ncn2)CC12CCC2. The van der Waals surface area contributed by atoms with Crippen LogP contribution in [0.4, 0.5) is 5.82 Å². The van der Waals surface area contributed by atoms with E-state index in [2.05, 4.69) is 14.9 Å². The molecule has 1 spiro atoms. The summed E-state index contributed by atoms with van der Waals surface area (Å²) in [5.41, 5.74) is 0.326. The van der Waals surface area contributed by atoms with E-state index in [1.54, 1.807) is 6.07 Å². The van der Waals surface area contributed by atoms with E-state index in [1.807, 2.05) is 0 Å². The Kier molecular flexibility index (Phi) is 2.71. The Bertz CT molecular complexity index is 422. The fraction of sp³-hybridized carbons (Fsp3) is 0.667. The van der Waals surface area contributed by atoms with Crippen molar-refractivity contribution in [1.82, 2.24) is 9.97 Å². The van der Waals surface area contributed by atoms with Gasteiger partial charge in [0.15, 0.2) is 0 Å². The largest absolute Gasteiger partial charge is 0.396 e. The Morgan fingerprint density at radius 2 is 2.29 bits per heavy atom. The van der Waals surface area contributed by atoms with Crippen LogP contribution in [0.1, 0.15) is 19.3 Å². The van der Waals surface area contributed by atoms with Crippen molar-refractivity contribution in [1.29, 1.82) is 0 Å². The van der Waals surface area contributed by atoms with Gasteiger partial charge in [-0.15, -0.1) is 0 Å². The van der Waals surface area contributed by atoms with Crippen LogP contribution in [0, 0.1) is 11.3 Å². The lowest BCUT2D eigenvalue weighted by Crippen LogP contribution is -2.38. The molecule has 1 aliphatic heterocycles. The molecule has 4 nitrogen and oxygen atoms in total. The summed E-state index contributed by atoms with van der Waals surface area (Å²) in [4.78, 5) is 10.4. The second-order valence-electron chi connectivity index (χ2n) is 5.17. The Morgan fingerprint density at radius 1 is 1.47 bits per heavy atom. The van der Waals surface area contributed by atoms with Gasteiger partial charge >= 0.3 is 0 Å². The summed E-state index contributed by atoms with van der Waals surface area (Å²) in [5, 5.41) is 9.98. The zero-order valence-corrected chi connectivity index (χ0v) is 10.4. The van der Waals surface area contributed by atoms with Gasteiger partial charge in [0.1, 0.15) is 17.3 Å². The maximum atomic E-state index is 9.50. The van der Waals surface area contributed by atoms with Gasteiger partial charge in [-0.3, -0.25) is 0 Å². The normalized spacial score (nSPS) is 26.2. The molecule has 92 valence electrons. The summed E-state index contributed by atoms with van der Waals surface area (Å²) in [5.74, 6) is 1.26. The van der Waals surface area contributed by atoms with Gasteiger partial charge in [-0.25, -0.2) is 9.97 Å². The predicted molar refractivity (Wildman–Crippen MR) is 66.1 cm³/mol. The van der Waals surface area contributed by atoms with Crippen LogP contribution in [-0.4, -0.2) is 34.8 Å². The van der Waals surface area contributed by atoms with Crippen molar-refractivity contribution in [2.45, 2.75) is 19.3 Å². The van der Waals surface area contributed by atoms with E-state index in [-0.39, 0.29) is 6.61 Å². The van der Waals surface area contributed by atoms with Crippen LogP contribution in [0.25, 0.3) is 0 Å². The zero-order valence-electron chi connectivity index (χ0n) is 9.64. The fourth-order valence-corrected chi connectivity index (χ4v) is 3.30. The van der Waals surface area contributed by atoms with Crippen LogP contribution < -0.4 is 4.90 Å². The highest BCUT2D eigenvalue weighted by molar-refractivity contribution is 6.29. The highest BCUT2D eigenvalue weighted by Gasteiger charge is 2.50. The number of aliphatic hydroxyl groups is 1. The number of aromatic nitrogens is 2. The summed E-state index contributed by atoms with van der Waals surface area (Å²) in [7, 11) is 0. The molecule has 0 amide bonds. The molecule has 1 aromatic heterocycles. The third-order valence-electron chi connectivity index (χ3n) is 4.33. The molecule has 1 aliphatic carbocycles. The molecule has 0 radical (unpaired) electrons. The lowest BCUT2D eigenvalue weighted by Gasteiger charge is -2.42. The smallest absolute Gasteiger partial charge is 0.134 e. The molecule has 0 aromatic carbocycles. The van der Waals surface area contributed by atoms with Crippen molar-refractivity contribution >= 4 is 17.4 Å². The molecule has 1 saturated heterocycles. The third-order valence-corrected chi connectivity index (χ3v) is 4.53. The lowest BCUT2D eigenvalue weighted by molar-refractivity contribution is 0.0571. The minimum Gasteiger partial charge on any atom is -0.396 e. The van der Waals surface area contributed by atoms with Crippen LogP contribution in [0.5, 0.6) is 0 Å². The maximum Gasteiger partial charge on any atom is 0.134 e. The summed E-state index contributed by atoms with van der Waals surface area (Å²) >= 11 is 5.89. The molecule has 1 saturated carbocycles. The first-order valence-corrected chi connectivity index (χ1v) is 6.45.